The first-order chi connectivity index (χ1) is 8.06. The molecule has 0 rings (SSSR count). The van der Waals surface area contributed by atoms with E-state index < -0.39 is 0 Å². The second kappa shape index (κ2) is 8.41. The van der Waals surface area contributed by atoms with Crippen molar-refractivity contribution >= 4 is 5.97 Å². The van der Waals surface area contributed by atoms with Crippen molar-refractivity contribution in [3.05, 3.63) is 36.0 Å². The molecule has 0 unspecified atom stereocenters. The van der Waals surface area contributed by atoms with Crippen molar-refractivity contribution in [3.8, 4) is 11.8 Å². The van der Waals surface area contributed by atoms with Crippen LogP contribution in [-0.4, -0.2) is 12.6 Å². The third-order valence-electron chi connectivity index (χ3n) is 2.08. The highest BCUT2D eigenvalue weighted by molar-refractivity contribution is 5.73. The van der Waals surface area contributed by atoms with Crippen LogP contribution >= 0.6 is 0 Å². The number of ether oxygens (including phenoxy) is 1. The predicted molar refractivity (Wildman–Crippen MR) is 71.4 cm³/mol. The van der Waals surface area contributed by atoms with Crippen LogP contribution in [0.2, 0.25) is 0 Å². The Morgan fingerprint density at radius 1 is 1.47 bits per heavy atom. The van der Waals surface area contributed by atoms with Crippen molar-refractivity contribution in [3.63, 3.8) is 0 Å². The van der Waals surface area contributed by atoms with E-state index in [2.05, 4.69) is 25.0 Å². The smallest absolute Gasteiger partial charge is 0.309 e. The van der Waals surface area contributed by atoms with Gasteiger partial charge in [0, 0.05) is 5.57 Å². The monoisotopic (exact) mass is 232 g/mol. The van der Waals surface area contributed by atoms with Gasteiger partial charge in [-0.3, -0.25) is 4.79 Å². The number of rotatable bonds is 6. The molecular formula is C15H20O2. The van der Waals surface area contributed by atoms with Gasteiger partial charge in [-0.15, -0.1) is 12.5 Å². The highest BCUT2D eigenvalue weighted by atomic mass is 16.5. The van der Waals surface area contributed by atoms with Crippen LogP contribution in [0.3, 0.4) is 0 Å². The highest BCUT2D eigenvalue weighted by Gasteiger charge is 2.10. The summed E-state index contributed by atoms with van der Waals surface area (Å²) in [5.74, 6) is 5.59. The molecule has 0 aliphatic carbocycles. The molecule has 2 nitrogen and oxygen atoms in total. The lowest BCUT2D eigenvalue weighted by atomic mass is 9.97. The zero-order valence-corrected chi connectivity index (χ0v) is 10.9. The summed E-state index contributed by atoms with van der Waals surface area (Å²) in [4.78, 5) is 11.5. The van der Waals surface area contributed by atoms with E-state index in [1.54, 1.807) is 19.9 Å². The summed E-state index contributed by atoms with van der Waals surface area (Å²) >= 11 is 0. The van der Waals surface area contributed by atoms with E-state index in [1.165, 1.54) is 0 Å². The number of hydrogen-bond acceptors (Lipinski definition) is 2. The molecular weight excluding hydrogens is 212 g/mol. The molecule has 0 aromatic rings. The minimum Gasteiger partial charge on any atom is -0.466 e. The van der Waals surface area contributed by atoms with Crippen LogP contribution in [0.15, 0.2) is 36.0 Å². The maximum atomic E-state index is 11.5. The van der Waals surface area contributed by atoms with E-state index in [0.717, 1.165) is 16.7 Å². The minimum absolute atomic E-state index is 0.235. The van der Waals surface area contributed by atoms with Gasteiger partial charge in [-0.05, 0) is 38.3 Å². The van der Waals surface area contributed by atoms with Crippen LogP contribution in [-0.2, 0) is 9.53 Å². The Balaban J connectivity index is 5.18. The molecule has 0 spiro atoms. The fourth-order valence-electron chi connectivity index (χ4n) is 1.44. The van der Waals surface area contributed by atoms with Crippen LogP contribution in [0.25, 0.3) is 0 Å². The second-order valence-corrected chi connectivity index (χ2v) is 3.61. The molecule has 2 heteroatoms. The van der Waals surface area contributed by atoms with E-state index >= 15 is 0 Å². The number of hydrogen-bond donors (Lipinski definition) is 0. The molecule has 0 heterocycles. The summed E-state index contributed by atoms with van der Waals surface area (Å²) in [6, 6.07) is 0. The number of esters is 1. The van der Waals surface area contributed by atoms with E-state index in [4.69, 9.17) is 4.74 Å². The number of allylic oxidation sites excluding steroid dienone is 3. The van der Waals surface area contributed by atoms with Crippen LogP contribution in [0.1, 0.15) is 33.6 Å². The van der Waals surface area contributed by atoms with E-state index in [9.17, 15) is 4.79 Å². The average Bonchev–Trinajstić information content (AvgIpc) is 2.25. The Kier molecular flexibility index (Phi) is 7.54. The quantitative estimate of drug-likeness (QED) is 0.303. The molecule has 0 bridgehead atoms. The van der Waals surface area contributed by atoms with Crippen LogP contribution in [0.4, 0.5) is 0 Å². The maximum absolute atomic E-state index is 11.5. The Morgan fingerprint density at radius 3 is 2.53 bits per heavy atom. The van der Waals surface area contributed by atoms with Gasteiger partial charge in [-0.2, -0.15) is 0 Å². The van der Waals surface area contributed by atoms with Gasteiger partial charge in [0.15, 0.2) is 0 Å². The molecule has 0 aliphatic rings. The SMILES string of the molecule is C=CC/C(CC(=O)OCC)=C(\C#CC)C(=C)C. The summed E-state index contributed by atoms with van der Waals surface area (Å²) in [5.41, 5.74) is 2.61. The molecule has 0 radical (unpaired) electrons. The van der Waals surface area contributed by atoms with Gasteiger partial charge < -0.3 is 4.74 Å². The normalized spacial score (nSPS) is 10.8. The lowest BCUT2D eigenvalue weighted by molar-refractivity contribution is -0.142. The second-order valence-electron chi connectivity index (χ2n) is 3.61. The third-order valence-corrected chi connectivity index (χ3v) is 2.08. The molecule has 0 saturated heterocycles. The molecule has 17 heavy (non-hydrogen) atoms. The highest BCUT2D eigenvalue weighted by Crippen LogP contribution is 2.19. The summed E-state index contributed by atoms with van der Waals surface area (Å²) in [5, 5.41) is 0. The molecule has 0 fully saturated rings. The minimum atomic E-state index is -0.235. The zero-order valence-electron chi connectivity index (χ0n) is 10.9. The largest absolute Gasteiger partial charge is 0.466 e. The van der Waals surface area contributed by atoms with Gasteiger partial charge in [0.1, 0.15) is 0 Å². The maximum Gasteiger partial charge on any atom is 0.309 e. The molecule has 0 aromatic heterocycles. The first kappa shape index (κ1) is 15.2. The van der Waals surface area contributed by atoms with E-state index in [-0.39, 0.29) is 12.4 Å². The van der Waals surface area contributed by atoms with Gasteiger partial charge in [0.2, 0.25) is 0 Å². The van der Waals surface area contributed by atoms with E-state index in [1.807, 2.05) is 6.92 Å². The Labute approximate surface area is 104 Å². The summed E-state index contributed by atoms with van der Waals surface area (Å²) in [7, 11) is 0. The molecule has 0 atom stereocenters. The molecule has 0 saturated carbocycles. The van der Waals surface area contributed by atoms with Gasteiger partial charge in [-0.25, -0.2) is 0 Å². The summed E-state index contributed by atoms with van der Waals surface area (Å²) in [6.07, 6.45) is 2.63. The van der Waals surface area contributed by atoms with Gasteiger partial charge >= 0.3 is 5.97 Å². The fraction of sp³-hybridized carbons (Fsp3) is 0.400. The number of carbonyl (C=O) groups excluding carboxylic acids is 1. The van der Waals surface area contributed by atoms with Crippen molar-refractivity contribution in [2.45, 2.75) is 33.6 Å². The van der Waals surface area contributed by atoms with Gasteiger partial charge in [-0.1, -0.05) is 18.6 Å². The average molecular weight is 232 g/mol. The lowest BCUT2D eigenvalue weighted by Crippen LogP contribution is -2.06. The Bertz CT molecular complexity index is 389. The first-order valence-corrected chi connectivity index (χ1v) is 5.63. The van der Waals surface area contributed by atoms with Crippen molar-refractivity contribution in [2.24, 2.45) is 0 Å². The van der Waals surface area contributed by atoms with E-state index in [0.29, 0.717) is 13.0 Å². The summed E-state index contributed by atoms with van der Waals surface area (Å²) in [6.45, 7) is 13.4. The molecule has 92 valence electrons. The Morgan fingerprint density at radius 2 is 2.12 bits per heavy atom. The lowest BCUT2D eigenvalue weighted by Gasteiger charge is -2.09. The van der Waals surface area contributed by atoms with Crippen molar-refractivity contribution in [1.82, 2.24) is 0 Å². The molecule has 0 N–H and O–H groups in total. The first-order valence-electron chi connectivity index (χ1n) is 5.63. The molecule has 0 aromatic carbocycles. The zero-order chi connectivity index (χ0) is 13.3. The number of carbonyl (C=O) groups is 1. The molecule has 0 aliphatic heterocycles. The molecule has 0 amide bonds. The van der Waals surface area contributed by atoms with Crippen LogP contribution in [0, 0.1) is 11.8 Å². The van der Waals surface area contributed by atoms with Crippen molar-refractivity contribution in [2.75, 3.05) is 6.61 Å². The van der Waals surface area contributed by atoms with Gasteiger partial charge in [0.05, 0.1) is 13.0 Å². The van der Waals surface area contributed by atoms with Crippen LogP contribution in [0.5, 0.6) is 0 Å². The standard InChI is InChI=1S/C15H20O2/c1-6-9-13(11-15(16)17-8-3)14(10-7-2)12(4)5/h6H,1,4,8-9,11H2,2-3,5H3/b14-13-. The Hall–Kier alpha value is -1.75. The van der Waals surface area contributed by atoms with Gasteiger partial charge in [0.25, 0.3) is 0 Å². The third kappa shape index (κ3) is 5.77. The van der Waals surface area contributed by atoms with Crippen LogP contribution < -0.4 is 0 Å². The summed E-state index contributed by atoms with van der Waals surface area (Å²) < 4.78 is 4.94. The van der Waals surface area contributed by atoms with Crippen molar-refractivity contribution < 1.29 is 9.53 Å². The van der Waals surface area contributed by atoms with Crippen molar-refractivity contribution in [1.29, 1.82) is 0 Å². The topological polar surface area (TPSA) is 26.3 Å². The fourth-order valence-corrected chi connectivity index (χ4v) is 1.44. The predicted octanol–water partition coefficient (Wildman–Crippen LogP) is 3.41.